The van der Waals surface area contributed by atoms with Gasteiger partial charge in [0.25, 0.3) is 0 Å². The minimum atomic E-state index is -1.18. The Morgan fingerprint density at radius 1 is 0.962 bits per heavy atom. The molecule has 4 N–H and O–H groups in total. The number of nitrogens with one attached hydrogen (secondary N) is 4. The number of carbonyl (C=O) groups is 4. The average Bonchev–Trinajstić information content (AvgIpc) is 3.87. The van der Waals surface area contributed by atoms with Crippen molar-refractivity contribution in [1.82, 2.24) is 20.3 Å². The lowest BCUT2D eigenvalue weighted by Gasteiger charge is -2.19. The van der Waals surface area contributed by atoms with Crippen molar-refractivity contribution in [2.75, 3.05) is 13.7 Å². The molecule has 3 atom stereocenters. The Morgan fingerprint density at radius 2 is 1.69 bits per heavy atom. The molecule has 0 unspecified atom stereocenters. The molecule has 0 amide bonds. The van der Waals surface area contributed by atoms with E-state index in [-0.39, 0.29) is 36.6 Å². The van der Waals surface area contributed by atoms with Gasteiger partial charge in [-0.15, -0.1) is 0 Å². The number of aldehydes is 1. The number of hydrogen-bond acceptors (Lipinski definition) is 7. The zero-order valence-electron chi connectivity index (χ0n) is 31.1. The Balaban J connectivity index is 1.58. The van der Waals surface area contributed by atoms with Crippen molar-refractivity contribution in [3.8, 4) is 0 Å². The first-order chi connectivity index (χ1) is 25.0. The fraction of sp³-hybridized carbons (Fsp3) is 0.381. The van der Waals surface area contributed by atoms with E-state index in [9.17, 15) is 19.2 Å². The number of ether oxygens (including phenoxy) is 2. The predicted octanol–water partition coefficient (Wildman–Crippen LogP) is 5.94. The van der Waals surface area contributed by atoms with Gasteiger partial charge < -0.3 is 29.7 Å². The summed E-state index contributed by atoms with van der Waals surface area (Å²) in [5, 5.41) is 5.03. The molecule has 10 heteroatoms. The first-order valence-electron chi connectivity index (χ1n) is 18.1. The molecule has 1 fully saturated rings. The molecule has 272 valence electrons. The first-order valence-corrected chi connectivity index (χ1v) is 18.1. The third kappa shape index (κ3) is 6.24. The van der Waals surface area contributed by atoms with E-state index in [2.05, 4.69) is 40.7 Å². The molecule has 5 heterocycles. The van der Waals surface area contributed by atoms with Crippen LogP contribution in [0.3, 0.4) is 0 Å². The maximum atomic E-state index is 14.2. The Bertz CT molecular complexity index is 2220. The van der Waals surface area contributed by atoms with Crippen LogP contribution in [0.2, 0.25) is 0 Å². The molecule has 3 aliphatic rings. The van der Waals surface area contributed by atoms with Crippen LogP contribution < -0.4 is 16.0 Å². The van der Waals surface area contributed by atoms with Gasteiger partial charge in [0.1, 0.15) is 12.5 Å². The van der Waals surface area contributed by atoms with Gasteiger partial charge in [-0.05, 0) is 81.0 Å². The van der Waals surface area contributed by atoms with Crippen molar-refractivity contribution in [2.45, 2.75) is 73.6 Å². The number of aromatic nitrogens is 3. The van der Waals surface area contributed by atoms with Crippen LogP contribution in [-0.2, 0) is 25.5 Å². The summed E-state index contributed by atoms with van der Waals surface area (Å²) in [6.45, 7) is 16.4. The predicted molar refractivity (Wildman–Crippen MR) is 202 cm³/mol. The van der Waals surface area contributed by atoms with E-state index in [1.807, 2.05) is 52.0 Å². The second-order valence-corrected chi connectivity index (χ2v) is 14.0. The Kier molecular flexibility index (Phi) is 10.3. The van der Waals surface area contributed by atoms with E-state index in [0.717, 1.165) is 58.3 Å². The van der Waals surface area contributed by atoms with Crippen molar-refractivity contribution < 1.29 is 28.7 Å². The number of allylic oxidation sites excluding steroid dienone is 3. The highest BCUT2D eigenvalue weighted by Gasteiger charge is 2.48. The highest BCUT2D eigenvalue weighted by molar-refractivity contribution is 6.24. The number of Topliss-reactive ketones (excluding diaryl/α,β-unsaturated/α-hetero) is 1. The van der Waals surface area contributed by atoms with Gasteiger partial charge in [-0.2, -0.15) is 0 Å². The average molecular weight is 705 g/mol. The van der Waals surface area contributed by atoms with Gasteiger partial charge >= 0.3 is 11.9 Å². The monoisotopic (exact) mass is 704 g/mol. The second-order valence-electron chi connectivity index (χ2n) is 14.0. The normalized spacial score (nSPS) is 22.8. The van der Waals surface area contributed by atoms with Crippen LogP contribution in [0.1, 0.15) is 119 Å². The number of esters is 2. The van der Waals surface area contributed by atoms with Gasteiger partial charge in [-0.25, -0.2) is 0 Å². The number of methoxy groups -OCH3 is 1. The van der Waals surface area contributed by atoms with Crippen molar-refractivity contribution in [2.24, 2.45) is 17.8 Å². The van der Waals surface area contributed by atoms with Crippen LogP contribution in [-0.4, -0.2) is 52.7 Å². The van der Waals surface area contributed by atoms with E-state index in [1.54, 1.807) is 6.08 Å². The van der Waals surface area contributed by atoms with Crippen molar-refractivity contribution in [3.63, 3.8) is 0 Å². The Labute approximate surface area is 303 Å². The lowest BCUT2D eigenvalue weighted by molar-refractivity contribution is -0.143. The number of fused-ring (bicyclic) bond motifs is 7. The molecule has 1 saturated heterocycles. The third-order valence-electron chi connectivity index (χ3n) is 10.9. The van der Waals surface area contributed by atoms with E-state index >= 15 is 0 Å². The molecule has 3 aromatic rings. The van der Waals surface area contributed by atoms with E-state index < -0.39 is 11.9 Å². The second kappa shape index (κ2) is 14.7. The van der Waals surface area contributed by atoms with Crippen LogP contribution in [0, 0.1) is 31.6 Å². The van der Waals surface area contributed by atoms with Gasteiger partial charge in [-0.1, -0.05) is 45.4 Å². The molecule has 0 spiro atoms. The summed E-state index contributed by atoms with van der Waals surface area (Å²) in [5.74, 6) is -2.86. The van der Waals surface area contributed by atoms with Gasteiger partial charge in [0.2, 0.25) is 0 Å². The molecule has 0 radical (unpaired) electrons. The summed E-state index contributed by atoms with van der Waals surface area (Å²) >= 11 is 0. The molecule has 1 aliphatic carbocycles. The summed E-state index contributed by atoms with van der Waals surface area (Å²) in [6, 6.07) is 0. The quantitative estimate of drug-likeness (QED) is 0.0837. The Morgan fingerprint density at radius 3 is 2.37 bits per heavy atom. The number of rotatable bonds is 11. The summed E-state index contributed by atoms with van der Waals surface area (Å²) in [7, 11) is 1.29. The molecule has 10 nitrogen and oxygen atoms in total. The minimum Gasteiger partial charge on any atom is -0.468 e. The SMILES string of the molecule is C=Cc1c2[nH]c(c1C)/C=C1\N/C(=C3\c4[nH]c(c(C)c4C(=O)[C@@H]3C(=O)OC)/C=c3\[nH]/c(c(C=O)c3CC)=C\2)[C@@H](CCC(=O)OC/C=C(\C)CCC)[C@@H]1C. The van der Waals surface area contributed by atoms with Crippen LogP contribution in [0.15, 0.2) is 29.6 Å². The first kappa shape index (κ1) is 36.4. The summed E-state index contributed by atoms with van der Waals surface area (Å²) in [6.07, 6.45) is 13.7. The number of ketones is 1. The topological polar surface area (TPSA) is 146 Å². The number of aromatic amines is 3. The van der Waals surface area contributed by atoms with Crippen LogP contribution >= 0.6 is 0 Å². The summed E-state index contributed by atoms with van der Waals surface area (Å²) < 4.78 is 10.8. The zero-order chi connectivity index (χ0) is 37.4. The fourth-order valence-electron chi connectivity index (χ4n) is 8.06. The molecule has 6 rings (SSSR count). The van der Waals surface area contributed by atoms with Gasteiger partial charge in [0.05, 0.1) is 18.2 Å². The van der Waals surface area contributed by atoms with Crippen LogP contribution in [0.5, 0.6) is 0 Å². The highest BCUT2D eigenvalue weighted by atomic mass is 16.5. The van der Waals surface area contributed by atoms with E-state index in [4.69, 9.17) is 9.47 Å². The molecular weight excluding hydrogens is 656 g/mol. The van der Waals surface area contributed by atoms with E-state index in [1.165, 1.54) is 12.7 Å². The number of hydrogen-bond donors (Lipinski definition) is 4. The van der Waals surface area contributed by atoms with Gasteiger partial charge in [-0.3, -0.25) is 19.2 Å². The van der Waals surface area contributed by atoms with Gasteiger partial charge in [0, 0.05) is 74.3 Å². The number of H-pyrrole nitrogens is 3. The molecule has 3 aromatic heterocycles. The van der Waals surface area contributed by atoms with Crippen LogP contribution in [0.4, 0.5) is 0 Å². The lowest BCUT2D eigenvalue weighted by atomic mass is 9.85. The highest BCUT2D eigenvalue weighted by Crippen LogP contribution is 2.48. The molecule has 2 aliphatic heterocycles. The molecule has 0 aromatic carbocycles. The molecule has 52 heavy (non-hydrogen) atoms. The molecular formula is C42H48N4O6. The number of carbonyl (C=O) groups excluding carboxylic acids is 4. The summed E-state index contributed by atoms with van der Waals surface area (Å²) in [4.78, 5) is 63.8. The Hall–Kier alpha value is -5.38. The maximum Gasteiger partial charge on any atom is 0.321 e. The third-order valence-corrected chi connectivity index (χ3v) is 10.9. The van der Waals surface area contributed by atoms with Gasteiger partial charge in [0.15, 0.2) is 12.1 Å². The van der Waals surface area contributed by atoms with Crippen molar-refractivity contribution >= 4 is 53.9 Å². The van der Waals surface area contributed by atoms with E-state index in [0.29, 0.717) is 57.5 Å². The largest absolute Gasteiger partial charge is 0.468 e. The zero-order valence-corrected chi connectivity index (χ0v) is 31.1. The van der Waals surface area contributed by atoms with Crippen molar-refractivity contribution in [3.05, 3.63) is 96.5 Å². The minimum absolute atomic E-state index is 0.126. The smallest absolute Gasteiger partial charge is 0.321 e. The maximum absolute atomic E-state index is 14.2. The van der Waals surface area contributed by atoms with Crippen LogP contribution in [0.25, 0.3) is 29.9 Å². The lowest BCUT2D eigenvalue weighted by Crippen LogP contribution is -2.25. The molecule has 0 saturated carbocycles. The standard InChI is InChI=1S/C42H48N4O6/c1-9-12-21(4)15-16-52-35(48)14-13-27-23(6)30-17-29-22(5)25(10-2)32(43-29)19-34-28(20-47)26(11-3)33(44-34)18-31-24(7)36-40(46-31)37(39(27)45-30)38(41(36)49)42(50)51-8/h10,15,17-20,23,27,38,43-46H,2,9,11-14,16H2,1,3-8H3/b21-15+,30-17-,33-18-,34-19-,39-37-/t23-,27-,38+/m0/s1. The van der Waals surface area contributed by atoms with Crippen molar-refractivity contribution in [1.29, 1.82) is 0 Å². The fourth-order valence-corrected chi connectivity index (χ4v) is 8.06. The molecule has 8 bridgehead atoms. The summed E-state index contributed by atoms with van der Waals surface area (Å²) in [5.41, 5.74) is 10.5.